The van der Waals surface area contributed by atoms with Crippen LogP contribution >= 0.6 is 34.5 Å². The Morgan fingerprint density at radius 3 is 2.73 bits per heavy atom. The van der Waals surface area contributed by atoms with Crippen molar-refractivity contribution in [3.8, 4) is 0 Å². The first-order valence-electron chi connectivity index (χ1n) is 6.82. The number of nitrogens with one attached hydrogen (secondary N) is 1. The molecule has 1 amide bonds. The Morgan fingerprint density at radius 2 is 2.05 bits per heavy atom. The van der Waals surface area contributed by atoms with Gasteiger partial charge in [-0.1, -0.05) is 54.7 Å². The molecule has 0 aliphatic carbocycles. The van der Waals surface area contributed by atoms with Gasteiger partial charge in [0.05, 0.1) is 6.61 Å². The lowest BCUT2D eigenvalue weighted by Gasteiger charge is -2.07. The Morgan fingerprint density at radius 1 is 1.32 bits per heavy atom. The third kappa shape index (κ3) is 3.91. The van der Waals surface area contributed by atoms with E-state index in [-0.39, 0.29) is 0 Å². The molecule has 7 heteroatoms. The summed E-state index contributed by atoms with van der Waals surface area (Å²) in [7, 11) is 0. The summed E-state index contributed by atoms with van der Waals surface area (Å²) in [4.78, 5) is 22.8. The first-order chi connectivity index (χ1) is 10.5. The molecule has 2 rings (SSSR count). The molecule has 0 spiro atoms. The summed E-state index contributed by atoms with van der Waals surface area (Å²) in [5.41, 5.74) is 0.346. The third-order valence-corrected chi connectivity index (χ3v) is 4.45. The highest BCUT2D eigenvalue weighted by Crippen LogP contribution is 2.36. The van der Waals surface area contributed by atoms with Crippen molar-refractivity contribution in [2.24, 2.45) is 0 Å². The van der Waals surface area contributed by atoms with Crippen LogP contribution in [-0.4, -0.2) is 23.3 Å². The number of rotatable bonds is 6. The summed E-state index contributed by atoms with van der Waals surface area (Å²) in [5, 5.41) is 3.73. The lowest BCUT2D eigenvalue weighted by Crippen LogP contribution is -2.19. The molecule has 0 atom stereocenters. The fraction of sp³-hybridized carbons (Fsp3) is 0.333. The van der Waals surface area contributed by atoms with Crippen LogP contribution in [0.2, 0.25) is 0 Å². The molecule has 0 radical (unpaired) electrons. The van der Waals surface area contributed by atoms with Gasteiger partial charge in [0, 0.05) is 10.1 Å². The fourth-order valence-corrected chi connectivity index (χ4v) is 3.09. The van der Waals surface area contributed by atoms with Gasteiger partial charge in [-0.05, 0) is 12.5 Å². The Kier molecular flexibility index (Phi) is 6.06. The molecule has 1 N–H and O–H groups in total. The molecule has 0 saturated heterocycles. The average Bonchev–Trinajstić information content (AvgIpc) is 2.85. The smallest absolute Gasteiger partial charge is 0.341 e. The zero-order chi connectivity index (χ0) is 16.1. The van der Waals surface area contributed by atoms with Gasteiger partial charge in [0.15, 0.2) is 4.84 Å². The van der Waals surface area contributed by atoms with Crippen molar-refractivity contribution in [2.75, 3.05) is 11.9 Å². The largest absolute Gasteiger partial charge is 0.462 e. The topological polar surface area (TPSA) is 55.4 Å². The third-order valence-electron chi connectivity index (χ3n) is 2.97. The lowest BCUT2D eigenvalue weighted by atomic mass is 10.1. The summed E-state index contributed by atoms with van der Waals surface area (Å²) in [6, 6.07) is 7.38. The van der Waals surface area contributed by atoms with Crippen LogP contribution in [-0.2, 0) is 9.53 Å². The van der Waals surface area contributed by atoms with Gasteiger partial charge in [-0.3, -0.25) is 4.79 Å². The van der Waals surface area contributed by atoms with E-state index in [4.69, 9.17) is 27.9 Å². The first kappa shape index (κ1) is 17.1. The van der Waals surface area contributed by atoms with Gasteiger partial charge in [0.25, 0.3) is 5.91 Å². The van der Waals surface area contributed by atoms with E-state index in [2.05, 4.69) is 5.32 Å². The molecule has 0 aliphatic heterocycles. The Labute approximate surface area is 142 Å². The summed E-state index contributed by atoms with van der Waals surface area (Å²) in [5.74, 6) is -1.03. The quantitative estimate of drug-likeness (QED) is 0.465. The Hall–Kier alpha value is -1.30. The Bertz CT molecular complexity index is 684. The monoisotopic (exact) mass is 359 g/mol. The highest BCUT2D eigenvalue weighted by Gasteiger charge is 2.23. The van der Waals surface area contributed by atoms with Gasteiger partial charge in [-0.15, -0.1) is 11.3 Å². The number of unbranched alkanes of at least 4 members (excludes halogenated alkanes) is 1. The SMILES string of the molecule is CCCCOC(=O)c1c(NC(=O)C(Cl)Cl)sc2ccccc12. The normalized spacial score (nSPS) is 10.9. The van der Waals surface area contributed by atoms with Crippen molar-refractivity contribution in [1.29, 1.82) is 0 Å². The second-order valence-electron chi connectivity index (χ2n) is 4.58. The predicted molar refractivity (Wildman–Crippen MR) is 91.1 cm³/mol. The lowest BCUT2D eigenvalue weighted by molar-refractivity contribution is -0.114. The number of benzene rings is 1. The maximum atomic E-state index is 12.3. The van der Waals surface area contributed by atoms with Gasteiger partial charge >= 0.3 is 5.97 Å². The second-order valence-corrected chi connectivity index (χ2v) is 6.73. The number of hydrogen-bond acceptors (Lipinski definition) is 4. The van der Waals surface area contributed by atoms with Crippen molar-refractivity contribution < 1.29 is 14.3 Å². The van der Waals surface area contributed by atoms with Crippen LogP contribution in [0.15, 0.2) is 24.3 Å². The molecule has 0 bridgehead atoms. The van der Waals surface area contributed by atoms with Crippen LogP contribution in [0.3, 0.4) is 0 Å². The van der Waals surface area contributed by atoms with Crippen molar-refractivity contribution in [3.63, 3.8) is 0 Å². The van der Waals surface area contributed by atoms with Gasteiger partial charge in [-0.25, -0.2) is 4.79 Å². The number of alkyl halides is 2. The molecule has 0 aliphatic rings. The molecule has 0 unspecified atom stereocenters. The van der Waals surface area contributed by atoms with Crippen molar-refractivity contribution in [3.05, 3.63) is 29.8 Å². The number of esters is 1. The summed E-state index contributed by atoms with van der Waals surface area (Å²) in [6.07, 6.45) is 1.72. The van der Waals surface area contributed by atoms with Crippen molar-refractivity contribution in [2.45, 2.75) is 24.6 Å². The van der Waals surface area contributed by atoms with Crippen LogP contribution in [0.25, 0.3) is 10.1 Å². The molecule has 0 saturated carbocycles. The highest BCUT2D eigenvalue weighted by molar-refractivity contribution is 7.23. The molecule has 1 aromatic carbocycles. The molecule has 118 valence electrons. The number of carbonyl (C=O) groups is 2. The molecular formula is C15H15Cl2NO3S. The minimum Gasteiger partial charge on any atom is -0.462 e. The average molecular weight is 360 g/mol. The number of anilines is 1. The van der Waals surface area contributed by atoms with E-state index >= 15 is 0 Å². The number of thiophene rings is 1. The molecule has 4 nitrogen and oxygen atoms in total. The van der Waals surface area contributed by atoms with Gasteiger partial charge < -0.3 is 10.1 Å². The zero-order valence-electron chi connectivity index (χ0n) is 11.9. The van der Waals surface area contributed by atoms with Crippen molar-refractivity contribution >= 4 is 61.5 Å². The van der Waals surface area contributed by atoms with E-state index < -0.39 is 16.7 Å². The molecule has 2 aromatic rings. The molecule has 1 aromatic heterocycles. The van der Waals surface area contributed by atoms with E-state index in [0.29, 0.717) is 17.2 Å². The number of amides is 1. The fourth-order valence-electron chi connectivity index (χ4n) is 1.88. The maximum Gasteiger partial charge on any atom is 0.341 e. The maximum absolute atomic E-state index is 12.3. The summed E-state index contributed by atoms with van der Waals surface area (Å²) >= 11 is 12.4. The standard InChI is InChI=1S/C15H15Cl2NO3S/c1-2-3-8-21-15(20)11-9-6-4-5-7-10(9)22-14(11)18-13(19)12(16)17/h4-7,12H,2-3,8H2,1H3,(H,18,19). The van der Waals surface area contributed by atoms with E-state index in [1.54, 1.807) is 0 Å². The number of ether oxygens (including phenoxy) is 1. The number of halogens is 2. The molecule has 22 heavy (non-hydrogen) atoms. The van der Waals surface area contributed by atoms with E-state index in [1.165, 1.54) is 11.3 Å². The van der Waals surface area contributed by atoms with Gasteiger partial charge in [0.2, 0.25) is 0 Å². The van der Waals surface area contributed by atoms with E-state index in [1.807, 2.05) is 31.2 Å². The summed E-state index contributed by atoms with van der Waals surface area (Å²) < 4.78 is 6.14. The van der Waals surface area contributed by atoms with Crippen molar-refractivity contribution in [1.82, 2.24) is 0 Å². The van der Waals surface area contributed by atoms with Crippen LogP contribution in [0.5, 0.6) is 0 Å². The number of fused-ring (bicyclic) bond motifs is 1. The van der Waals surface area contributed by atoms with Crippen LogP contribution in [0, 0.1) is 0 Å². The predicted octanol–water partition coefficient (Wildman–Crippen LogP) is 4.60. The summed E-state index contributed by atoms with van der Waals surface area (Å²) in [6.45, 7) is 2.36. The number of carbonyl (C=O) groups excluding carboxylic acids is 2. The van der Waals surface area contributed by atoms with Crippen LogP contribution in [0.4, 0.5) is 5.00 Å². The van der Waals surface area contributed by atoms with Crippen LogP contribution < -0.4 is 5.32 Å². The van der Waals surface area contributed by atoms with Gasteiger partial charge in [-0.2, -0.15) is 0 Å². The minimum atomic E-state index is -1.20. The van der Waals surface area contributed by atoms with E-state index in [9.17, 15) is 9.59 Å². The number of hydrogen-bond donors (Lipinski definition) is 1. The van der Waals surface area contributed by atoms with E-state index in [0.717, 1.165) is 22.9 Å². The van der Waals surface area contributed by atoms with Gasteiger partial charge in [0.1, 0.15) is 10.6 Å². The second kappa shape index (κ2) is 7.81. The zero-order valence-corrected chi connectivity index (χ0v) is 14.2. The molecular weight excluding hydrogens is 345 g/mol. The first-order valence-corrected chi connectivity index (χ1v) is 8.51. The molecule has 1 heterocycles. The molecule has 0 fully saturated rings. The highest BCUT2D eigenvalue weighted by atomic mass is 35.5. The minimum absolute atomic E-state index is 0.346. The Balaban J connectivity index is 2.35. The van der Waals surface area contributed by atoms with Crippen LogP contribution in [0.1, 0.15) is 30.1 Å².